The second kappa shape index (κ2) is 6.66. The third-order valence-corrected chi connectivity index (χ3v) is 2.29. The smallest absolute Gasteiger partial charge is 0.00870 e. The van der Waals surface area contributed by atoms with Gasteiger partial charge in [-0.2, -0.15) is 0 Å². The van der Waals surface area contributed by atoms with Gasteiger partial charge in [0.25, 0.3) is 0 Å². The standard InChI is InChI=1S/C10H23N/c1-5-6-7-8-10(11-4)9(2)3/h9-11H,5-8H2,1-4H3/t10-/m0/s1. The molecule has 0 heterocycles. The van der Waals surface area contributed by atoms with E-state index in [0.29, 0.717) is 0 Å². The van der Waals surface area contributed by atoms with Gasteiger partial charge in [-0.3, -0.25) is 0 Å². The molecule has 1 heteroatoms. The predicted molar refractivity (Wildman–Crippen MR) is 51.8 cm³/mol. The Kier molecular flexibility index (Phi) is 6.63. The minimum absolute atomic E-state index is 0.724. The molecule has 0 aromatic carbocycles. The van der Waals surface area contributed by atoms with E-state index in [1.54, 1.807) is 0 Å². The minimum Gasteiger partial charge on any atom is -0.317 e. The normalized spacial score (nSPS) is 13.9. The second-order valence-electron chi connectivity index (χ2n) is 3.63. The van der Waals surface area contributed by atoms with E-state index in [9.17, 15) is 0 Å². The highest BCUT2D eigenvalue weighted by Crippen LogP contribution is 2.10. The van der Waals surface area contributed by atoms with Crippen molar-refractivity contribution >= 4 is 0 Å². The van der Waals surface area contributed by atoms with Crippen LogP contribution in [0.1, 0.15) is 46.5 Å². The molecule has 0 unspecified atom stereocenters. The Balaban J connectivity index is 3.36. The van der Waals surface area contributed by atoms with E-state index in [-0.39, 0.29) is 0 Å². The molecule has 0 bridgehead atoms. The minimum atomic E-state index is 0.724. The molecule has 11 heavy (non-hydrogen) atoms. The summed E-state index contributed by atoms with van der Waals surface area (Å²) < 4.78 is 0. The Morgan fingerprint density at radius 3 is 2.18 bits per heavy atom. The first-order valence-corrected chi connectivity index (χ1v) is 4.89. The number of nitrogens with one attached hydrogen (secondary N) is 1. The van der Waals surface area contributed by atoms with E-state index in [4.69, 9.17) is 0 Å². The van der Waals surface area contributed by atoms with Crippen LogP contribution in [-0.2, 0) is 0 Å². The lowest BCUT2D eigenvalue weighted by Gasteiger charge is -2.19. The number of hydrogen-bond donors (Lipinski definition) is 1. The number of unbranched alkanes of at least 4 members (excludes halogenated alkanes) is 2. The molecule has 1 nitrogen and oxygen atoms in total. The molecule has 0 saturated carbocycles. The lowest BCUT2D eigenvalue weighted by atomic mass is 9.98. The molecule has 0 fully saturated rings. The van der Waals surface area contributed by atoms with Crippen LogP contribution in [0.25, 0.3) is 0 Å². The molecule has 0 aliphatic heterocycles. The molecule has 68 valence electrons. The summed E-state index contributed by atoms with van der Waals surface area (Å²) in [6, 6.07) is 0.724. The summed E-state index contributed by atoms with van der Waals surface area (Å²) in [7, 11) is 2.07. The van der Waals surface area contributed by atoms with Crippen molar-refractivity contribution in [3.63, 3.8) is 0 Å². The zero-order valence-corrected chi connectivity index (χ0v) is 8.48. The van der Waals surface area contributed by atoms with Crippen LogP contribution in [0.15, 0.2) is 0 Å². The van der Waals surface area contributed by atoms with Gasteiger partial charge in [0.05, 0.1) is 0 Å². The SMILES string of the molecule is CCCCC[C@H](NC)C(C)C. The molecule has 0 aliphatic carbocycles. The zero-order chi connectivity index (χ0) is 8.69. The van der Waals surface area contributed by atoms with E-state index in [2.05, 4.69) is 33.1 Å². The Morgan fingerprint density at radius 1 is 1.18 bits per heavy atom. The summed E-state index contributed by atoms with van der Waals surface area (Å²) in [5, 5.41) is 3.36. The van der Waals surface area contributed by atoms with Gasteiger partial charge >= 0.3 is 0 Å². The Hall–Kier alpha value is -0.0400. The summed E-state index contributed by atoms with van der Waals surface area (Å²) in [5.74, 6) is 0.775. The van der Waals surface area contributed by atoms with Crippen molar-refractivity contribution in [2.75, 3.05) is 7.05 Å². The monoisotopic (exact) mass is 157 g/mol. The van der Waals surface area contributed by atoms with Gasteiger partial charge in [0.2, 0.25) is 0 Å². The van der Waals surface area contributed by atoms with Gasteiger partial charge in [0, 0.05) is 6.04 Å². The van der Waals surface area contributed by atoms with Crippen LogP contribution in [0.4, 0.5) is 0 Å². The Morgan fingerprint density at radius 2 is 1.82 bits per heavy atom. The van der Waals surface area contributed by atoms with Gasteiger partial charge in [0.15, 0.2) is 0 Å². The van der Waals surface area contributed by atoms with Gasteiger partial charge < -0.3 is 5.32 Å². The van der Waals surface area contributed by atoms with Crippen molar-refractivity contribution in [2.24, 2.45) is 5.92 Å². The fraction of sp³-hybridized carbons (Fsp3) is 1.00. The van der Waals surface area contributed by atoms with Crippen LogP contribution in [0.3, 0.4) is 0 Å². The first-order valence-electron chi connectivity index (χ1n) is 4.89. The summed E-state index contributed by atoms with van der Waals surface area (Å²) >= 11 is 0. The molecule has 0 aliphatic rings. The van der Waals surface area contributed by atoms with Crippen LogP contribution < -0.4 is 5.32 Å². The Labute approximate surface area is 71.6 Å². The average Bonchev–Trinajstić information content (AvgIpc) is 1.97. The van der Waals surface area contributed by atoms with Gasteiger partial charge in [-0.25, -0.2) is 0 Å². The highest BCUT2D eigenvalue weighted by Gasteiger charge is 2.08. The van der Waals surface area contributed by atoms with Crippen LogP contribution in [0.5, 0.6) is 0 Å². The molecule has 0 aromatic rings. The molecule has 0 spiro atoms. The summed E-state index contributed by atoms with van der Waals surface area (Å²) in [4.78, 5) is 0. The third-order valence-electron chi connectivity index (χ3n) is 2.29. The van der Waals surface area contributed by atoms with E-state index < -0.39 is 0 Å². The molecule has 0 amide bonds. The second-order valence-corrected chi connectivity index (χ2v) is 3.63. The van der Waals surface area contributed by atoms with Crippen molar-refractivity contribution in [3.8, 4) is 0 Å². The van der Waals surface area contributed by atoms with Crippen molar-refractivity contribution in [2.45, 2.75) is 52.5 Å². The summed E-state index contributed by atoms with van der Waals surface area (Å²) in [6.07, 6.45) is 5.42. The first kappa shape index (κ1) is 11.0. The van der Waals surface area contributed by atoms with Crippen LogP contribution in [0.2, 0.25) is 0 Å². The van der Waals surface area contributed by atoms with Gasteiger partial charge in [-0.1, -0.05) is 40.0 Å². The maximum Gasteiger partial charge on any atom is 0.00870 e. The quantitative estimate of drug-likeness (QED) is 0.585. The Bertz CT molecular complexity index is 78.9. The maximum atomic E-state index is 3.36. The van der Waals surface area contributed by atoms with Crippen molar-refractivity contribution < 1.29 is 0 Å². The average molecular weight is 157 g/mol. The number of hydrogen-bond acceptors (Lipinski definition) is 1. The van der Waals surface area contributed by atoms with E-state index in [1.807, 2.05) is 0 Å². The zero-order valence-electron chi connectivity index (χ0n) is 8.48. The van der Waals surface area contributed by atoms with Crippen LogP contribution in [-0.4, -0.2) is 13.1 Å². The maximum absolute atomic E-state index is 3.36. The molecule has 0 aromatic heterocycles. The lowest BCUT2D eigenvalue weighted by Crippen LogP contribution is -2.30. The van der Waals surface area contributed by atoms with Crippen LogP contribution >= 0.6 is 0 Å². The summed E-state index contributed by atoms with van der Waals surface area (Å²) in [6.45, 7) is 6.82. The van der Waals surface area contributed by atoms with Gasteiger partial charge in [-0.15, -0.1) is 0 Å². The largest absolute Gasteiger partial charge is 0.317 e. The van der Waals surface area contributed by atoms with Crippen molar-refractivity contribution in [1.29, 1.82) is 0 Å². The highest BCUT2D eigenvalue weighted by atomic mass is 14.9. The molecule has 1 N–H and O–H groups in total. The molecule has 0 rings (SSSR count). The van der Waals surface area contributed by atoms with Crippen molar-refractivity contribution in [3.05, 3.63) is 0 Å². The highest BCUT2D eigenvalue weighted by molar-refractivity contribution is 4.67. The predicted octanol–water partition coefficient (Wildman–Crippen LogP) is 2.81. The van der Waals surface area contributed by atoms with E-state index in [0.717, 1.165) is 12.0 Å². The van der Waals surface area contributed by atoms with Crippen LogP contribution in [0, 0.1) is 5.92 Å². The fourth-order valence-corrected chi connectivity index (χ4v) is 1.43. The first-order chi connectivity index (χ1) is 5.22. The third kappa shape index (κ3) is 5.25. The lowest BCUT2D eigenvalue weighted by molar-refractivity contribution is 0.389. The molecule has 0 saturated heterocycles. The molecular formula is C10H23N. The summed E-state index contributed by atoms with van der Waals surface area (Å²) in [5.41, 5.74) is 0. The topological polar surface area (TPSA) is 12.0 Å². The fourth-order valence-electron chi connectivity index (χ4n) is 1.43. The van der Waals surface area contributed by atoms with Gasteiger partial charge in [-0.05, 0) is 19.4 Å². The van der Waals surface area contributed by atoms with E-state index in [1.165, 1.54) is 25.7 Å². The van der Waals surface area contributed by atoms with Crippen molar-refractivity contribution in [1.82, 2.24) is 5.32 Å². The molecule has 0 radical (unpaired) electrons. The molecular weight excluding hydrogens is 134 g/mol. The van der Waals surface area contributed by atoms with Gasteiger partial charge in [0.1, 0.15) is 0 Å². The molecule has 1 atom stereocenters. The number of rotatable bonds is 6. The van der Waals surface area contributed by atoms with E-state index >= 15 is 0 Å².